The highest BCUT2D eigenvalue weighted by Crippen LogP contribution is 2.22. The molecule has 1 N–H and O–H groups in total. The van der Waals surface area contributed by atoms with Gasteiger partial charge < -0.3 is 14.7 Å². The number of anilines is 1. The molecule has 2 rings (SSSR count). The van der Waals surface area contributed by atoms with Crippen LogP contribution < -0.4 is 4.90 Å². The van der Waals surface area contributed by atoms with Crippen LogP contribution in [0.1, 0.15) is 12.0 Å². The summed E-state index contributed by atoms with van der Waals surface area (Å²) in [5, 5.41) is 9.04. The number of nitrogens with zero attached hydrogens (tertiary/aromatic N) is 2. The number of methoxy groups -OCH3 is 1. The minimum absolute atomic E-state index is 0.284. The summed E-state index contributed by atoms with van der Waals surface area (Å²) < 4.78 is 19.1. The first-order valence-electron chi connectivity index (χ1n) is 5.92. The zero-order valence-corrected chi connectivity index (χ0v) is 10.4. The second kappa shape index (κ2) is 5.93. The molecule has 1 aliphatic rings. The fourth-order valence-corrected chi connectivity index (χ4v) is 2.03. The number of hydrogen-bond donors (Lipinski definition) is 1. The van der Waals surface area contributed by atoms with Crippen molar-refractivity contribution in [3.8, 4) is 0 Å². The Labute approximate surface area is 106 Å². The van der Waals surface area contributed by atoms with Crippen molar-refractivity contribution in [1.29, 1.82) is 0 Å². The van der Waals surface area contributed by atoms with Crippen molar-refractivity contribution < 1.29 is 14.2 Å². The van der Waals surface area contributed by atoms with Gasteiger partial charge in [-0.2, -0.15) is 0 Å². The summed E-state index contributed by atoms with van der Waals surface area (Å²) in [5.74, 6) is -0.113. The zero-order chi connectivity index (χ0) is 13.0. The Morgan fingerprint density at radius 1 is 1.56 bits per heavy atom. The Kier molecular flexibility index (Phi) is 4.28. The fourth-order valence-electron chi connectivity index (χ4n) is 2.03. The third kappa shape index (κ3) is 2.68. The summed E-state index contributed by atoms with van der Waals surface area (Å²) in [6, 6.07) is 1.50. The van der Waals surface area contributed by atoms with E-state index >= 15 is 0 Å². The third-order valence-corrected chi connectivity index (χ3v) is 3.05. The largest absolute Gasteiger partial charge is 0.392 e. The van der Waals surface area contributed by atoms with Crippen LogP contribution in [0.3, 0.4) is 0 Å². The molecule has 1 aliphatic heterocycles. The Morgan fingerprint density at radius 3 is 3.00 bits per heavy atom. The van der Waals surface area contributed by atoms with E-state index in [9.17, 15) is 4.39 Å². The summed E-state index contributed by atoms with van der Waals surface area (Å²) in [7, 11) is 1.67. The molecular weight excluding hydrogens is 235 g/mol. The summed E-state index contributed by atoms with van der Waals surface area (Å²) in [5.41, 5.74) is 1.51. The number of rotatable bonds is 4. The first-order chi connectivity index (χ1) is 8.76. The maximum absolute atomic E-state index is 14.0. The normalized spacial score (nSPS) is 15.7. The molecule has 0 aliphatic carbocycles. The van der Waals surface area contributed by atoms with Crippen LogP contribution in [0.5, 0.6) is 0 Å². The van der Waals surface area contributed by atoms with Crippen LogP contribution >= 0.6 is 0 Å². The number of hydrogen-bond acceptors (Lipinski definition) is 4. The third-order valence-electron chi connectivity index (χ3n) is 3.05. The molecule has 1 aromatic heterocycles. The maximum atomic E-state index is 14.0. The lowest BCUT2D eigenvalue weighted by atomic mass is 10.1. The van der Waals surface area contributed by atoms with Crippen LogP contribution in [0.25, 0.3) is 0 Å². The van der Waals surface area contributed by atoms with Crippen molar-refractivity contribution in [2.24, 2.45) is 0 Å². The standard InChI is InChI=1S/C13H17FN2O2/c1-18-9-10-3-6-16(7-4-10)13-12(14)11(8-17)2-5-15-13/h2-3,5,17H,4,6-9H2,1H3. The molecule has 0 atom stereocenters. The highest BCUT2D eigenvalue weighted by Gasteiger charge is 2.18. The Hall–Kier alpha value is -1.46. The number of halogens is 1. The molecule has 1 aromatic rings. The van der Waals surface area contributed by atoms with E-state index in [1.165, 1.54) is 17.8 Å². The summed E-state index contributed by atoms with van der Waals surface area (Å²) in [4.78, 5) is 5.93. The van der Waals surface area contributed by atoms with Crippen LogP contribution in [0, 0.1) is 5.82 Å². The van der Waals surface area contributed by atoms with Crippen LogP contribution in [-0.2, 0) is 11.3 Å². The smallest absolute Gasteiger partial charge is 0.171 e. The van der Waals surface area contributed by atoms with E-state index in [-0.39, 0.29) is 12.2 Å². The first-order valence-corrected chi connectivity index (χ1v) is 5.92. The lowest BCUT2D eigenvalue weighted by molar-refractivity contribution is 0.222. The number of pyridine rings is 1. The lowest BCUT2D eigenvalue weighted by Gasteiger charge is -2.27. The molecule has 0 radical (unpaired) electrons. The molecule has 0 saturated heterocycles. The average molecular weight is 252 g/mol. The average Bonchev–Trinajstić information content (AvgIpc) is 2.41. The number of aromatic nitrogens is 1. The van der Waals surface area contributed by atoms with Crippen molar-refractivity contribution in [2.45, 2.75) is 13.0 Å². The molecule has 4 nitrogen and oxygen atoms in total. The molecular formula is C13H17FN2O2. The van der Waals surface area contributed by atoms with E-state index < -0.39 is 5.82 Å². The Balaban J connectivity index is 2.14. The number of aliphatic hydroxyl groups is 1. The predicted molar refractivity (Wildman–Crippen MR) is 66.9 cm³/mol. The maximum Gasteiger partial charge on any atom is 0.171 e. The summed E-state index contributed by atoms with van der Waals surface area (Å²) >= 11 is 0. The monoisotopic (exact) mass is 252 g/mol. The molecule has 0 bridgehead atoms. The van der Waals surface area contributed by atoms with Gasteiger partial charge in [-0.05, 0) is 18.1 Å². The van der Waals surface area contributed by atoms with Gasteiger partial charge in [0.25, 0.3) is 0 Å². The molecule has 0 unspecified atom stereocenters. The second-order valence-electron chi connectivity index (χ2n) is 4.26. The molecule has 0 saturated carbocycles. The highest BCUT2D eigenvalue weighted by atomic mass is 19.1. The minimum atomic E-state index is -0.427. The van der Waals surface area contributed by atoms with E-state index in [0.717, 1.165) is 6.42 Å². The predicted octanol–water partition coefficient (Wildman–Crippen LogP) is 1.50. The van der Waals surface area contributed by atoms with Gasteiger partial charge in [0.1, 0.15) is 0 Å². The van der Waals surface area contributed by atoms with Crippen LogP contribution in [-0.4, -0.2) is 36.9 Å². The van der Waals surface area contributed by atoms with E-state index in [2.05, 4.69) is 4.98 Å². The van der Waals surface area contributed by atoms with Crippen molar-refractivity contribution in [3.63, 3.8) is 0 Å². The second-order valence-corrected chi connectivity index (χ2v) is 4.26. The first kappa shape index (κ1) is 13.0. The van der Waals surface area contributed by atoms with E-state index in [0.29, 0.717) is 25.5 Å². The molecule has 2 heterocycles. The van der Waals surface area contributed by atoms with Crippen LogP contribution in [0.15, 0.2) is 23.9 Å². The molecule has 0 aromatic carbocycles. The fraction of sp³-hybridized carbons (Fsp3) is 0.462. The number of aliphatic hydroxyl groups excluding tert-OH is 1. The minimum Gasteiger partial charge on any atom is -0.392 e. The Bertz CT molecular complexity index is 449. The van der Waals surface area contributed by atoms with Gasteiger partial charge in [-0.1, -0.05) is 6.08 Å². The van der Waals surface area contributed by atoms with Gasteiger partial charge in [-0.25, -0.2) is 9.37 Å². The number of ether oxygens (including phenoxy) is 1. The van der Waals surface area contributed by atoms with E-state index in [1.807, 2.05) is 11.0 Å². The van der Waals surface area contributed by atoms with Crippen molar-refractivity contribution in [3.05, 3.63) is 35.3 Å². The van der Waals surface area contributed by atoms with Gasteiger partial charge in [-0.15, -0.1) is 0 Å². The van der Waals surface area contributed by atoms with Crippen molar-refractivity contribution >= 4 is 5.82 Å². The van der Waals surface area contributed by atoms with Gasteiger partial charge in [0.15, 0.2) is 11.6 Å². The van der Waals surface area contributed by atoms with E-state index in [4.69, 9.17) is 9.84 Å². The van der Waals surface area contributed by atoms with Crippen molar-refractivity contribution in [1.82, 2.24) is 4.98 Å². The molecule has 18 heavy (non-hydrogen) atoms. The molecule has 0 spiro atoms. The molecule has 0 amide bonds. The lowest BCUT2D eigenvalue weighted by Crippen LogP contribution is -2.31. The van der Waals surface area contributed by atoms with Gasteiger partial charge in [-0.3, -0.25) is 0 Å². The topological polar surface area (TPSA) is 45.6 Å². The summed E-state index contributed by atoms with van der Waals surface area (Å²) in [6.45, 7) is 1.66. The Morgan fingerprint density at radius 2 is 2.39 bits per heavy atom. The van der Waals surface area contributed by atoms with Crippen LogP contribution in [0.2, 0.25) is 0 Å². The van der Waals surface area contributed by atoms with Gasteiger partial charge in [0.05, 0.1) is 13.2 Å². The molecule has 98 valence electrons. The van der Waals surface area contributed by atoms with Gasteiger partial charge in [0.2, 0.25) is 0 Å². The molecule has 0 fully saturated rings. The quantitative estimate of drug-likeness (QED) is 0.825. The van der Waals surface area contributed by atoms with Gasteiger partial charge >= 0.3 is 0 Å². The van der Waals surface area contributed by atoms with Crippen LogP contribution in [0.4, 0.5) is 10.2 Å². The highest BCUT2D eigenvalue weighted by molar-refractivity contribution is 5.45. The SMILES string of the molecule is COCC1=CCN(c2nccc(CO)c2F)CC1. The van der Waals surface area contributed by atoms with E-state index in [1.54, 1.807) is 7.11 Å². The molecule has 5 heteroatoms. The van der Waals surface area contributed by atoms with Gasteiger partial charge in [0, 0.05) is 32.0 Å². The summed E-state index contributed by atoms with van der Waals surface area (Å²) in [6.07, 6.45) is 4.41. The van der Waals surface area contributed by atoms with Crippen molar-refractivity contribution in [2.75, 3.05) is 31.7 Å². The zero-order valence-electron chi connectivity index (χ0n) is 10.4.